The lowest BCUT2D eigenvalue weighted by Crippen LogP contribution is -2.41. The fraction of sp³-hybridized carbons (Fsp3) is 0.917. The van der Waals surface area contributed by atoms with E-state index in [2.05, 4.69) is 0 Å². The van der Waals surface area contributed by atoms with Crippen molar-refractivity contribution in [2.75, 3.05) is 6.61 Å². The largest absolute Gasteiger partial charge is 0.465 e. The lowest BCUT2D eigenvalue weighted by atomic mass is 9.73. The zero-order valence-corrected chi connectivity index (χ0v) is 11.0. The van der Waals surface area contributed by atoms with E-state index in [1.165, 1.54) is 0 Å². The summed E-state index contributed by atoms with van der Waals surface area (Å²) in [6.07, 6.45) is -3.79. The van der Waals surface area contributed by atoms with Gasteiger partial charge in [-0.25, -0.2) is 0 Å². The molecule has 0 heterocycles. The minimum absolute atomic E-state index is 0.163. The van der Waals surface area contributed by atoms with Crippen LogP contribution in [0.4, 0.5) is 13.2 Å². The predicted molar refractivity (Wildman–Crippen MR) is 59.4 cm³/mol. The number of halogens is 3. The molecule has 2 unspecified atom stereocenters. The molecular weight excluding hydrogens is 233 g/mol. The van der Waals surface area contributed by atoms with E-state index in [0.717, 1.165) is 6.92 Å². The summed E-state index contributed by atoms with van der Waals surface area (Å²) in [5.41, 5.74) is -0.778. The summed E-state index contributed by atoms with van der Waals surface area (Å²) in [6.45, 7) is 7.85. The van der Waals surface area contributed by atoms with Gasteiger partial charge in [0.15, 0.2) is 0 Å². The number of ether oxygens (including phenoxy) is 1. The molecule has 0 saturated heterocycles. The Hall–Kier alpha value is -0.740. The van der Waals surface area contributed by atoms with Crippen molar-refractivity contribution in [2.24, 2.45) is 17.3 Å². The van der Waals surface area contributed by atoms with E-state index >= 15 is 0 Å². The molecule has 0 fully saturated rings. The molecule has 0 bridgehead atoms. The van der Waals surface area contributed by atoms with Gasteiger partial charge in [-0.1, -0.05) is 34.6 Å². The van der Waals surface area contributed by atoms with E-state index in [1.807, 2.05) is 0 Å². The van der Waals surface area contributed by atoms with Gasteiger partial charge < -0.3 is 4.74 Å². The number of carbonyl (C=O) groups excluding carboxylic acids is 1. The van der Waals surface area contributed by atoms with Crippen LogP contribution >= 0.6 is 0 Å². The minimum Gasteiger partial charge on any atom is -0.465 e. The van der Waals surface area contributed by atoms with Crippen LogP contribution < -0.4 is 0 Å². The molecule has 0 aliphatic rings. The monoisotopic (exact) mass is 254 g/mol. The lowest BCUT2D eigenvalue weighted by molar-refractivity contribution is -0.203. The third-order valence-corrected chi connectivity index (χ3v) is 2.65. The summed E-state index contributed by atoms with van der Waals surface area (Å²) in [5.74, 6) is -3.63. The van der Waals surface area contributed by atoms with Crippen molar-refractivity contribution in [3.8, 4) is 0 Å². The molecule has 0 saturated carbocycles. The average molecular weight is 254 g/mol. The molecule has 0 spiro atoms. The maximum atomic E-state index is 12.7. The summed E-state index contributed by atoms with van der Waals surface area (Å²) in [6, 6.07) is 0. The molecule has 0 amide bonds. The van der Waals surface area contributed by atoms with E-state index in [4.69, 9.17) is 4.74 Å². The highest BCUT2D eigenvalue weighted by atomic mass is 19.4. The van der Waals surface area contributed by atoms with E-state index < -0.39 is 29.4 Å². The number of carbonyl (C=O) groups is 1. The van der Waals surface area contributed by atoms with Gasteiger partial charge in [-0.05, 0) is 11.8 Å². The SMILES string of the molecule is CCCOC(=O)C(C(C)C(F)(F)F)C(C)(C)C. The first-order chi connectivity index (χ1) is 7.51. The van der Waals surface area contributed by atoms with E-state index in [-0.39, 0.29) is 6.61 Å². The van der Waals surface area contributed by atoms with E-state index in [9.17, 15) is 18.0 Å². The molecule has 0 aliphatic carbocycles. The maximum Gasteiger partial charge on any atom is 0.392 e. The van der Waals surface area contributed by atoms with Crippen LogP contribution in [-0.2, 0) is 9.53 Å². The Morgan fingerprint density at radius 2 is 1.71 bits per heavy atom. The topological polar surface area (TPSA) is 26.3 Å². The molecule has 2 atom stereocenters. The number of hydrogen-bond donors (Lipinski definition) is 0. The van der Waals surface area contributed by atoms with Crippen LogP contribution in [0.25, 0.3) is 0 Å². The zero-order chi connectivity index (χ0) is 13.9. The number of alkyl halides is 3. The highest BCUT2D eigenvalue weighted by Crippen LogP contribution is 2.41. The summed E-state index contributed by atoms with van der Waals surface area (Å²) < 4.78 is 43.0. The fourth-order valence-electron chi connectivity index (χ4n) is 1.79. The first-order valence-electron chi connectivity index (χ1n) is 5.75. The van der Waals surface area contributed by atoms with Gasteiger partial charge in [-0.15, -0.1) is 0 Å². The normalized spacial score (nSPS) is 16.5. The Labute approximate surface area is 101 Å². The minimum atomic E-state index is -4.39. The number of rotatable bonds is 4. The van der Waals surface area contributed by atoms with E-state index in [0.29, 0.717) is 6.42 Å². The van der Waals surface area contributed by atoms with Gasteiger partial charge in [0.1, 0.15) is 0 Å². The maximum absolute atomic E-state index is 12.7. The summed E-state index contributed by atoms with van der Waals surface area (Å²) >= 11 is 0. The lowest BCUT2D eigenvalue weighted by Gasteiger charge is -2.34. The molecule has 102 valence electrons. The van der Waals surface area contributed by atoms with Crippen LogP contribution in [0.1, 0.15) is 41.0 Å². The van der Waals surface area contributed by atoms with E-state index in [1.54, 1.807) is 27.7 Å². The molecule has 0 radical (unpaired) electrons. The summed E-state index contributed by atoms with van der Waals surface area (Å²) in [4.78, 5) is 11.7. The molecule has 0 N–H and O–H groups in total. The van der Waals surface area contributed by atoms with Crippen molar-refractivity contribution in [3.05, 3.63) is 0 Å². The predicted octanol–water partition coefficient (Wildman–Crippen LogP) is 3.80. The molecule has 0 aromatic carbocycles. The van der Waals surface area contributed by atoms with Crippen LogP contribution in [0, 0.1) is 17.3 Å². The van der Waals surface area contributed by atoms with Crippen LogP contribution in [0.3, 0.4) is 0 Å². The first-order valence-corrected chi connectivity index (χ1v) is 5.75. The summed E-state index contributed by atoms with van der Waals surface area (Å²) in [5, 5.41) is 0. The molecule has 2 nitrogen and oxygen atoms in total. The highest BCUT2D eigenvalue weighted by Gasteiger charge is 2.49. The van der Waals surface area contributed by atoms with Crippen LogP contribution in [-0.4, -0.2) is 18.8 Å². The van der Waals surface area contributed by atoms with Crippen molar-refractivity contribution >= 4 is 5.97 Å². The smallest absolute Gasteiger partial charge is 0.392 e. The van der Waals surface area contributed by atoms with Gasteiger partial charge in [-0.3, -0.25) is 4.79 Å². The van der Waals surface area contributed by atoms with Gasteiger partial charge in [0.25, 0.3) is 0 Å². The van der Waals surface area contributed by atoms with Crippen molar-refractivity contribution in [2.45, 2.75) is 47.2 Å². The Bertz CT molecular complexity index is 253. The zero-order valence-electron chi connectivity index (χ0n) is 11.0. The molecule has 0 rings (SSSR count). The molecule has 0 aromatic rings. The summed E-state index contributed by atoms with van der Waals surface area (Å²) in [7, 11) is 0. The van der Waals surface area contributed by atoms with Gasteiger partial charge in [0.2, 0.25) is 0 Å². The second kappa shape index (κ2) is 5.74. The van der Waals surface area contributed by atoms with Crippen LogP contribution in [0.15, 0.2) is 0 Å². The molecule has 0 aliphatic heterocycles. The average Bonchev–Trinajstić information content (AvgIpc) is 2.11. The molecule has 0 aromatic heterocycles. The second-order valence-electron chi connectivity index (χ2n) is 5.34. The number of hydrogen-bond acceptors (Lipinski definition) is 2. The Morgan fingerprint density at radius 1 is 1.24 bits per heavy atom. The molecular formula is C12H21F3O2. The van der Waals surface area contributed by atoms with Gasteiger partial charge in [0.05, 0.1) is 18.4 Å². The third-order valence-electron chi connectivity index (χ3n) is 2.65. The van der Waals surface area contributed by atoms with Gasteiger partial charge in [0, 0.05) is 0 Å². The quantitative estimate of drug-likeness (QED) is 0.713. The molecule has 17 heavy (non-hydrogen) atoms. The Kier molecular flexibility index (Phi) is 5.49. The number of esters is 1. The van der Waals surface area contributed by atoms with Gasteiger partial charge >= 0.3 is 12.1 Å². The first kappa shape index (κ1) is 16.3. The standard InChI is InChI=1S/C12H21F3O2/c1-6-7-17-10(16)9(11(3,4)5)8(2)12(13,14)15/h8-9H,6-7H2,1-5H3. The highest BCUT2D eigenvalue weighted by molar-refractivity contribution is 5.73. The third kappa shape index (κ3) is 4.96. The van der Waals surface area contributed by atoms with Crippen molar-refractivity contribution in [1.82, 2.24) is 0 Å². The van der Waals surface area contributed by atoms with Crippen molar-refractivity contribution in [3.63, 3.8) is 0 Å². The van der Waals surface area contributed by atoms with Gasteiger partial charge in [-0.2, -0.15) is 13.2 Å². The second-order valence-corrected chi connectivity index (χ2v) is 5.34. The van der Waals surface area contributed by atoms with Crippen LogP contribution in [0.5, 0.6) is 0 Å². The van der Waals surface area contributed by atoms with Crippen molar-refractivity contribution < 1.29 is 22.7 Å². The Morgan fingerprint density at radius 3 is 2.00 bits per heavy atom. The van der Waals surface area contributed by atoms with Crippen molar-refractivity contribution in [1.29, 1.82) is 0 Å². The fourth-order valence-corrected chi connectivity index (χ4v) is 1.79. The molecule has 5 heteroatoms. The Balaban J connectivity index is 4.97. The van der Waals surface area contributed by atoms with Crippen LogP contribution in [0.2, 0.25) is 0 Å².